The van der Waals surface area contributed by atoms with Gasteiger partial charge in [0.2, 0.25) is 0 Å². The summed E-state index contributed by atoms with van der Waals surface area (Å²) in [5, 5.41) is 10.7. The lowest BCUT2D eigenvalue weighted by atomic mass is 10.0. The molecule has 0 saturated carbocycles. The SMILES string of the molecule is O=C1OCC(c2ccc(Cl)s2)=C1c1ccc([N+](=O)[O-])cc1. The van der Waals surface area contributed by atoms with Crippen LogP contribution in [0.15, 0.2) is 36.4 Å². The molecule has 0 aliphatic carbocycles. The highest BCUT2D eigenvalue weighted by Crippen LogP contribution is 2.37. The van der Waals surface area contributed by atoms with E-state index in [2.05, 4.69) is 0 Å². The average Bonchev–Trinajstić information content (AvgIpc) is 3.05. The maximum Gasteiger partial charge on any atom is 0.339 e. The Bertz CT molecular complexity index is 764. The van der Waals surface area contributed by atoms with E-state index in [0.717, 1.165) is 10.5 Å². The number of non-ortho nitro benzene ring substituents is 1. The Kier molecular flexibility index (Phi) is 3.48. The summed E-state index contributed by atoms with van der Waals surface area (Å²) in [6, 6.07) is 9.42. The van der Waals surface area contributed by atoms with Crippen LogP contribution in [0.3, 0.4) is 0 Å². The van der Waals surface area contributed by atoms with Crippen molar-refractivity contribution in [3.05, 3.63) is 61.3 Å². The summed E-state index contributed by atoms with van der Waals surface area (Å²) in [7, 11) is 0. The second kappa shape index (κ2) is 5.31. The van der Waals surface area contributed by atoms with Crippen molar-refractivity contribution >= 4 is 45.7 Å². The molecule has 0 atom stereocenters. The molecule has 0 amide bonds. The fourth-order valence-electron chi connectivity index (χ4n) is 2.12. The second-order valence-corrected chi connectivity index (χ2v) is 6.05. The van der Waals surface area contributed by atoms with Gasteiger partial charge in [-0.3, -0.25) is 10.1 Å². The number of nitro benzene ring substituents is 1. The van der Waals surface area contributed by atoms with Gasteiger partial charge in [0.1, 0.15) is 6.61 Å². The van der Waals surface area contributed by atoms with E-state index in [1.807, 2.05) is 6.07 Å². The molecule has 7 heteroatoms. The fourth-order valence-corrected chi connectivity index (χ4v) is 3.20. The van der Waals surface area contributed by atoms with Crippen molar-refractivity contribution in [3.8, 4) is 0 Å². The zero-order chi connectivity index (χ0) is 15.0. The van der Waals surface area contributed by atoms with Gasteiger partial charge in [0.15, 0.2) is 0 Å². The summed E-state index contributed by atoms with van der Waals surface area (Å²) in [5.41, 5.74) is 1.77. The standard InChI is InChI=1S/C14H8ClNO4S/c15-12-6-5-11(21-12)10-7-20-14(17)13(10)8-1-3-9(4-2-8)16(18)19/h1-6H,7H2. The van der Waals surface area contributed by atoms with Crippen LogP contribution in [0.5, 0.6) is 0 Å². The number of halogens is 1. The lowest BCUT2D eigenvalue weighted by Gasteiger charge is -2.02. The number of cyclic esters (lactones) is 1. The first-order valence-corrected chi connectivity index (χ1v) is 7.16. The number of carbonyl (C=O) groups is 1. The van der Waals surface area contributed by atoms with Crippen LogP contribution in [-0.2, 0) is 9.53 Å². The van der Waals surface area contributed by atoms with Crippen LogP contribution in [0.25, 0.3) is 11.1 Å². The van der Waals surface area contributed by atoms with Gasteiger partial charge in [-0.2, -0.15) is 0 Å². The van der Waals surface area contributed by atoms with E-state index in [0.29, 0.717) is 15.5 Å². The molecule has 21 heavy (non-hydrogen) atoms. The Morgan fingerprint density at radius 3 is 2.48 bits per heavy atom. The van der Waals surface area contributed by atoms with Gasteiger partial charge in [0.25, 0.3) is 5.69 Å². The Hall–Kier alpha value is -2.18. The van der Waals surface area contributed by atoms with Gasteiger partial charge < -0.3 is 4.74 Å². The molecule has 0 spiro atoms. The third-order valence-corrected chi connectivity index (χ3v) is 4.38. The molecule has 106 valence electrons. The predicted molar refractivity (Wildman–Crippen MR) is 80.2 cm³/mol. The highest BCUT2D eigenvalue weighted by Gasteiger charge is 2.28. The highest BCUT2D eigenvalue weighted by molar-refractivity contribution is 7.17. The Balaban J connectivity index is 2.08. The van der Waals surface area contributed by atoms with E-state index in [1.165, 1.54) is 23.5 Å². The molecule has 3 rings (SSSR count). The van der Waals surface area contributed by atoms with Crippen molar-refractivity contribution in [2.45, 2.75) is 0 Å². The van der Waals surface area contributed by atoms with Crippen LogP contribution in [0.4, 0.5) is 5.69 Å². The van der Waals surface area contributed by atoms with Crippen LogP contribution in [0.1, 0.15) is 10.4 Å². The summed E-state index contributed by atoms with van der Waals surface area (Å²) in [6.45, 7) is 0.183. The summed E-state index contributed by atoms with van der Waals surface area (Å²) in [5.74, 6) is -0.427. The number of nitrogens with zero attached hydrogens (tertiary/aromatic N) is 1. The summed E-state index contributed by atoms with van der Waals surface area (Å²) in [4.78, 5) is 23.0. The summed E-state index contributed by atoms with van der Waals surface area (Å²) >= 11 is 7.28. The molecule has 0 radical (unpaired) electrons. The number of hydrogen-bond acceptors (Lipinski definition) is 5. The third-order valence-electron chi connectivity index (χ3n) is 3.09. The number of nitro groups is 1. The number of thiophene rings is 1. The molecule has 0 fully saturated rings. The highest BCUT2D eigenvalue weighted by atomic mass is 35.5. The zero-order valence-electron chi connectivity index (χ0n) is 10.5. The maximum absolute atomic E-state index is 11.9. The van der Waals surface area contributed by atoms with E-state index in [4.69, 9.17) is 16.3 Å². The molecule has 1 aromatic carbocycles. The number of ether oxygens (including phenoxy) is 1. The molecule has 1 aliphatic heterocycles. The lowest BCUT2D eigenvalue weighted by molar-refractivity contribution is -0.384. The predicted octanol–water partition coefficient (Wildman–Crippen LogP) is 3.78. The van der Waals surface area contributed by atoms with Crippen molar-refractivity contribution in [1.82, 2.24) is 0 Å². The minimum atomic E-state index is -0.481. The number of esters is 1. The van der Waals surface area contributed by atoms with Crippen molar-refractivity contribution < 1.29 is 14.5 Å². The fraction of sp³-hybridized carbons (Fsp3) is 0.0714. The van der Waals surface area contributed by atoms with Gasteiger partial charge in [-0.25, -0.2) is 4.79 Å². The molecule has 5 nitrogen and oxygen atoms in total. The first kappa shape index (κ1) is 13.8. The number of carbonyl (C=O) groups excluding carboxylic acids is 1. The Morgan fingerprint density at radius 2 is 1.90 bits per heavy atom. The van der Waals surface area contributed by atoms with Crippen LogP contribution in [0, 0.1) is 10.1 Å². The van der Waals surface area contributed by atoms with Gasteiger partial charge in [0.05, 0.1) is 14.8 Å². The van der Waals surface area contributed by atoms with Crippen LogP contribution in [-0.4, -0.2) is 17.5 Å². The summed E-state index contributed by atoms with van der Waals surface area (Å²) in [6.07, 6.45) is 0. The molecule has 2 aromatic rings. The molecule has 2 heterocycles. The zero-order valence-corrected chi connectivity index (χ0v) is 12.1. The third kappa shape index (κ3) is 2.55. The van der Waals surface area contributed by atoms with E-state index in [1.54, 1.807) is 18.2 Å². The number of benzene rings is 1. The van der Waals surface area contributed by atoms with E-state index in [-0.39, 0.29) is 12.3 Å². The molecule has 0 N–H and O–H groups in total. The van der Waals surface area contributed by atoms with E-state index >= 15 is 0 Å². The van der Waals surface area contributed by atoms with Gasteiger partial charge >= 0.3 is 5.97 Å². The van der Waals surface area contributed by atoms with E-state index < -0.39 is 10.9 Å². The molecule has 1 aliphatic rings. The first-order valence-electron chi connectivity index (χ1n) is 5.97. The van der Waals surface area contributed by atoms with Crippen molar-refractivity contribution in [2.75, 3.05) is 6.61 Å². The smallest absolute Gasteiger partial charge is 0.339 e. The second-order valence-electron chi connectivity index (χ2n) is 4.34. The monoisotopic (exact) mass is 321 g/mol. The van der Waals surface area contributed by atoms with Gasteiger partial charge in [-0.1, -0.05) is 11.6 Å². The lowest BCUT2D eigenvalue weighted by Crippen LogP contribution is -1.98. The molecule has 1 aromatic heterocycles. The van der Waals surface area contributed by atoms with Gasteiger partial charge in [-0.15, -0.1) is 11.3 Å². The Labute approximate surface area is 128 Å². The number of hydrogen-bond donors (Lipinski definition) is 0. The normalized spacial score (nSPS) is 14.4. The molecule has 0 unspecified atom stereocenters. The molecular weight excluding hydrogens is 314 g/mol. The summed E-state index contributed by atoms with van der Waals surface area (Å²) < 4.78 is 5.72. The average molecular weight is 322 g/mol. The van der Waals surface area contributed by atoms with Crippen molar-refractivity contribution in [2.24, 2.45) is 0 Å². The van der Waals surface area contributed by atoms with Crippen molar-refractivity contribution in [3.63, 3.8) is 0 Å². The molecular formula is C14H8ClNO4S. The molecule has 0 saturated heterocycles. The van der Waals surface area contributed by atoms with Crippen LogP contribution < -0.4 is 0 Å². The Morgan fingerprint density at radius 1 is 1.19 bits per heavy atom. The van der Waals surface area contributed by atoms with Crippen LogP contribution >= 0.6 is 22.9 Å². The van der Waals surface area contributed by atoms with E-state index in [9.17, 15) is 14.9 Å². The quantitative estimate of drug-likeness (QED) is 0.490. The van der Waals surface area contributed by atoms with Crippen molar-refractivity contribution in [1.29, 1.82) is 0 Å². The minimum Gasteiger partial charge on any atom is -0.457 e. The number of rotatable bonds is 3. The largest absolute Gasteiger partial charge is 0.457 e. The maximum atomic E-state index is 11.9. The van der Waals surface area contributed by atoms with Crippen LogP contribution in [0.2, 0.25) is 4.34 Å². The van der Waals surface area contributed by atoms with Gasteiger partial charge in [-0.05, 0) is 29.8 Å². The first-order chi connectivity index (χ1) is 10.1. The minimum absolute atomic E-state index is 0.0218. The van der Waals surface area contributed by atoms with Gasteiger partial charge in [0, 0.05) is 22.6 Å². The molecule has 0 bridgehead atoms. The topological polar surface area (TPSA) is 69.4 Å².